The van der Waals surface area contributed by atoms with Crippen LogP contribution in [0.15, 0.2) is 16.8 Å². The van der Waals surface area contributed by atoms with Crippen molar-refractivity contribution in [1.29, 1.82) is 0 Å². The minimum Gasteiger partial charge on any atom is -0.480 e. The lowest BCUT2D eigenvalue weighted by atomic mass is 10.2. The Morgan fingerprint density at radius 3 is 2.94 bits per heavy atom. The predicted octanol–water partition coefficient (Wildman–Crippen LogP) is 0.478. The number of amides is 2. The highest BCUT2D eigenvalue weighted by atomic mass is 32.1. The number of nitrogens with zero attached hydrogens (tertiary/aromatic N) is 1. The van der Waals surface area contributed by atoms with Crippen molar-refractivity contribution in [2.45, 2.75) is 25.1 Å². The minimum atomic E-state index is -1.09. The van der Waals surface area contributed by atoms with E-state index >= 15 is 0 Å². The van der Waals surface area contributed by atoms with Gasteiger partial charge >= 0.3 is 12.0 Å². The molecule has 1 saturated heterocycles. The maximum absolute atomic E-state index is 11.8. The van der Waals surface area contributed by atoms with Gasteiger partial charge in [-0.15, -0.1) is 0 Å². The first-order valence-corrected chi connectivity index (χ1v) is 6.48. The van der Waals surface area contributed by atoms with E-state index in [1.807, 2.05) is 16.8 Å². The van der Waals surface area contributed by atoms with Crippen molar-refractivity contribution in [3.8, 4) is 0 Å². The Kier molecular flexibility index (Phi) is 3.83. The number of carbonyl (C=O) groups excluding carboxylic acids is 1. The van der Waals surface area contributed by atoms with Gasteiger partial charge in [-0.25, -0.2) is 9.59 Å². The van der Waals surface area contributed by atoms with Gasteiger partial charge in [-0.05, 0) is 22.4 Å². The van der Waals surface area contributed by atoms with Crippen molar-refractivity contribution in [2.75, 3.05) is 6.54 Å². The van der Waals surface area contributed by atoms with Crippen LogP contribution in [0.5, 0.6) is 0 Å². The number of aliphatic hydroxyl groups excluding tert-OH is 1. The van der Waals surface area contributed by atoms with E-state index < -0.39 is 24.1 Å². The van der Waals surface area contributed by atoms with Gasteiger partial charge in [0.1, 0.15) is 6.04 Å². The van der Waals surface area contributed by atoms with Crippen LogP contribution in [-0.2, 0) is 11.3 Å². The average Bonchev–Trinajstić information content (AvgIpc) is 2.94. The summed E-state index contributed by atoms with van der Waals surface area (Å²) in [5.74, 6) is -1.09. The number of likely N-dealkylation sites (tertiary alicyclic amines) is 1. The van der Waals surface area contributed by atoms with Crippen LogP contribution >= 0.6 is 11.3 Å². The van der Waals surface area contributed by atoms with Crippen LogP contribution in [0.1, 0.15) is 12.0 Å². The molecule has 2 heterocycles. The zero-order chi connectivity index (χ0) is 13.1. The summed E-state index contributed by atoms with van der Waals surface area (Å²) < 4.78 is 0. The number of rotatable bonds is 3. The fourth-order valence-electron chi connectivity index (χ4n) is 1.94. The van der Waals surface area contributed by atoms with Gasteiger partial charge in [0, 0.05) is 19.5 Å². The normalized spacial score (nSPS) is 23.1. The van der Waals surface area contributed by atoms with Crippen LogP contribution in [0.3, 0.4) is 0 Å². The number of nitrogens with one attached hydrogen (secondary N) is 1. The molecule has 0 saturated carbocycles. The second-order valence-corrected chi connectivity index (χ2v) is 4.97. The quantitative estimate of drug-likeness (QED) is 0.745. The van der Waals surface area contributed by atoms with Crippen molar-refractivity contribution >= 4 is 23.3 Å². The third kappa shape index (κ3) is 2.80. The third-order valence-electron chi connectivity index (χ3n) is 2.85. The van der Waals surface area contributed by atoms with Crippen LogP contribution in [0, 0.1) is 0 Å². The highest BCUT2D eigenvalue weighted by Gasteiger charge is 2.38. The monoisotopic (exact) mass is 270 g/mol. The number of aliphatic carboxylic acids is 1. The number of carboxylic acids is 1. The fourth-order valence-corrected chi connectivity index (χ4v) is 2.61. The Labute approximate surface area is 108 Å². The van der Waals surface area contributed by atoms with Gasteiger partial charge in [0.15, 0.2) is 0 Å². The SMILES string of the molecule is O=C(O)[C@@H]1CC(O)CN1C(=O)NCc1ccsc1. The molecule has 1 aliphatic heterocycles. The zero-order valence-electron chi connectivity index (χ0n) is 9.57. The Morgan fingerprint density at radius 1 is 1.56 bits per heavy atom. The van der Waals surface area contributed by atoms with Crippen LogP contribution in [-0.4, -0.2) is 45.8 Å². The summed E-state index contributed by atoms with van der Waals surface area (Å²) >= 11 is 1.53. The molecule has 0 spiro atoms. The average molecular weight is 270 g/mol. The molecule has 1 unspecified atom stereocenters. The topological polar surface area (TPSA) is 89.9 Å². The maximum Gasteiger partial charge on any atom is 0.326 e. The van der Waals surface area contributed by atoms with Gasteiger partial charge in [-0.2, -0.15) is 11.3 Å². The highest BCUT2D eigenvalue weighted by Crippen LogP contribution is 2.18. The highest BCUT2D eigenvalue weighted by molar-refractivity contribution is 7.07. The molecule has 0 radical (unpaired) electrons. The first-order chi connectivity index (χ1) is 8.58. The number of urea groups is 1. The van der Waals surface area contributed by atoms with Crippen LogP contribution in [0.4, 0.5) is 4.79 Å². The molecule has 3 N–H and O–H groups in total. The van der Waals surface area contributed by atoms with Gasteiger partial charge in [0.25, 0.3) is 0 Å². The molecule has 1 aromatic rings. The summed E-state index contributed by atoms with van der Waals surface area (Å²) in [5, 5.41) is 24.9. The Hall–Kier alpha value is -1.60. The summed E-state index contributed by atoms with van der Waals surface area (Å²) in [7, 11) is 0. The summed E-state index contributed by atoms with van der Waals surface area (Å²) in [5.41, 5.74) is 0.972. The Bertz CT molecular complexity index is 434. The molecule has 0 aromatic carbocycles. The molecule has 0 bridgehead atoms. The van der Waals surface area contributed by atoms with Gasteiger partial charge in [0.2, 0.25) is 0 Å². The Balaban J connectivity index is 1.93. The van der Waals surface area contributed by atoms with Crippen LogP contribution in [0.25, 0.3) is 0 Å². The predicted molar refractivity (Wildman–Crippen MR) is 65.3 cm³/mol. The molecule has 1 aromatic heterocycles. The summed E-state index contributed by atoms with van der Waals surface area (Å²) in [6.07, 6.45) is -0.681. The molecular formula is C11H14N2O4S. The fraction of sp³-hybridized carbons (Fsp3) is 0.455. The van der Waals surface area contributed by atoms with Crippen molar-refractivity contribution in [3.63, 3.8) is 0 Å². The molecule has 1 aliphatic rings. The van der Waals surface area contributed by atoms with Gasteiger partial charge < -0.3 is 20.4 Å². The van der Waals surface area contributed by atoms with Crippen molar-refractivity contribution in [3.05, 3.63) is 22.4 Å². The summed E-state index contributed by atoms with van der Waals surface area (Å²) in [4.78, 5) is 24.0. The number of carboxylic acid groups (broad SMARTS) is 1. The molecule has 2 rings (SSSR count). The van der Waals surface area contributed by atoms with Gasteiger partial charge in [-0.3, -0.25) is 0 Å². The van der Waals surface area contributed by atoms with Crippen molar-refractivity contribution in [2.24, 2.45) is 0 Å². The summed E-state index contributed by atoms with van der Waals surface area (Å²) in [6.45, 7) is 0.424. The van der Waals surface area contributed by atoms with E-state index in [1.165, 1.54) is 16.2 Å². The van der Waals surface area contributed by atoms with Crippen molar-refractivity contribution in [1.82, 2.24) is 10.2 Å². The number of aliphatic hydroxyl groups is 1. The lowest BCUT2D eigenvalue weighted by Crippen LogP contribution is -2.45. The minimum absolute atomic E-state index is 0.0619. The lowest BCUT2D eigenvalue weighted by Gasteiger charge is -2.21. The third-order valence-corrected chi connectivity index (χ3v) is 3.58. The second-order valence-electron chi connectivity index (χ2n) is 4.19. The van der Waals surface area contributed by atoms with E-state index in [0.717, 1.165) is 5.56 Å². The first-order valence-electron chi connectivity index (χ1n) is 5.54. The smallest absolute Gasteiger partial charge is 0.326 e. The number of β-amino-alcohol motifs (C(OH)–C–C–N with tert-alkyl or cyclic N) is 1. The zero-order valence-corrected chi connectivity index (χ0v) is 10.4. The lowest BCUT2D eigenvalue weighted by molar-refractivity contribution is -0.141. The number of hydrogen-bond acceptors (Lipinski definition) is 4. The largest absolute Gasteiger partial charge is 0.480 e. The first kappa shape index (κ1) is 12.8. The maximum atomic E-state index is 11.8. The molecule has 2 atom stereocenters. The van der Waals surface area contributed by atoms with Crippen LogP contribution < -0.4 is 5.32 Å². The molecule has 98 valence electrons. The number of hydrogen-bond donors (Lipinski definition) is 3. The van der Waals surface area contributed by atoms with E-state index in [9.17, 15) is 14.7 Å². The van der Waals surface area contributed by atoms with E-state index in [2.05, 4.69) is 5.32 Å². The van der Waals surface area contributed by atoms with Crippen molar-refractivity contribution < 1.29 is 19.8 Å². The van der Waals surface area contributed by atoms with Gasteiger partial charge in [-0.1, -0.05) is 0 Å². The second kappa shape index (κ2) is 5.36. The van der Waals surface area contributed by atoms with Gasteiger partial charge in [0.05, 0.1) is 6.10 Å². The molecule has 1 fully saturated rings. The molecule has 7 heteroatoms. The molecular weight excluding hydrogens is 256 g/mol. The number of carbonyl (C=O) groups is 2. The number of thiophene rings is 1. The summed E-state index contributed by atoms with van der Waals surface area (Å²) in [6, 6.07) is 0.492. The molecule has 6 nitrogen and oxygen atoms in total. The molecule has 2 amide bonds. The van der Waals surface area contributed by atoms with Crippen LogP contribution in [0.2, 0.25) is 0 Å². The Morgan fingerprint density at radius 2 is 2.33 bits per heavy atom. The van der Waals surface area contributed by atoms with E-state index in [-0.39, 0.29) is 13.0 Å². The molecule has 18 heavy (non-hydrogen) atoms. The van der Waals surface area contributed by atoms with E-state index in [0.29, 0.717) is 6.54 Å². The molecule has 0 aliphatic carbocycles. The van der Waals surface area contributed by atoms with E-state index in [4.69, 9.17) is 5.11 Å². The standard InChI is InChI=1S/C11H14N2O4S/c14-8-3-9(10(15)16)13(5-8)11(17)12-4-7-1-2-18-6-7/h1-2,6,8-9,14H,3-5H2,(H,12,17)(H,15,16)/t8?,9-/m0/s1. The van der Waals surface area contributed by atoms with E-state index in [1.54, 1.807) is 0 Å².